The molecule has 6 rings (SSSR count). The number of anilines is 1. The number of hydrogen-bond donors (Lipinski definition) is 3. The summed E-state index contributed by atoms with van der Waals surface area (Å²) in [5.41, 5.74) is 6.90. The smallest absolute Gasteiger partial charge is 0.241 e. The molecule has 3 bridgehead atoms. The minimum Gasteiger partial charge on any atom is -0.327 e. The lowest BCUT2D eigenvalue weighted by Gasteiger charge is -2.58. The molecule has 5 fully saturated rings. The number of rotatable bonds is 4. The predicted octanol–water partition coefficient (Wildman–Crippen LogP) is 2.49. The number of carbonyl (C=O) groups is 2. The average molecular weight is 514 g/mol. The van der Waals surface area contributed by atoms with Crippen molar-refractivity contribution in [3.05, 3.63) is 24.3 Å². The molecule has 1 saturated heterocycles. The molecule has 4 N–H and O–H groups in total. The molecule has 10 heteroatoms. The summed E-state index contributed by atoms with van der Waals surface area (Å²) in [7, 11) is -3.60. The van der Waals surface area contributed by atoms with Gasteiger partial charge in [-0.15, -0.1) is 0 Å². The van der Waals surface area contributed by atoms with Gasteiger partial charge >= 0.3 is 0 Å². The molecule has 0 aromatic heterocycles. The number of likely N-dealkylation sites (tertiary alicyclic amines) is 1. The fraction of sp³-hybridized carbons (Fsp3) is 0.654. The van der Waals surface area contributed by atoms with E-state index < -0.39 is 10.0 Å². The zero-order valence-electron chi connectivity index (χ0n) is 20.9. The summed E-state index contributed by atoms with van der Waals surface area (Å²) in [6.07, 6.45) is 7.84. The van der Waals surface area contributed by atoms with Crippen molar-refractivity contribution in [2.75, 3.05) is 11.9 Å². The molecule has 4 saturated carbocycles. The fourth-order valence-electron chi connectivity index (χ4n) is 8.23. The van der Waals surface area contributed by atoms with E-state index in [0.29, 0.717) is 17.5 Å². The van der Waals surface area contributed by atoms with Crippen molar-refractivity contribution < 1.29 is 18.0 Å². The predicted molar refractivity (Wildman–Crippen MR) is 134 cm³/mol. The number of carbonyl (C=O) groups excluding carboxylic acids is 2. The average Bonchev–Trinajstić information content (AvgIpc) is 3.38. The minimum atomic E-state index is -3.60. The van der Waals surface area contributed by atoms with Gasteiger partial charge in [-0.2, -0.15) is 5.26 Å². The Bertz CT molecular complexity index is 1220. The standard InChI is InChI=1S/C19H25N3O3S.C7H10N2O/c1-12(23)21-15-2-4-16(5-3-15)26(24,25)22-19-8-13-6-17(20)9-14(10-19)18(19,7-13)11-17;1-6(10)9-4-2-3-7(9)5-8/h2-5,13-14,22H,6-11,20H2,1H3,(H,21,23);7H,2-4H2,1H3. The van der Waals surface area contributed by atoms with E-state index >= 15 is 0 Å². The van der Waals surface area contributed by atoms with E-state index in [1.807, 2.05) is 0 Å². The number of fused-ring (bicyclic) bond motifs is 2. The van der Waals surface area contributed by atoms with Crippen LogP contribution in [0.5, 0.6) is 0 Å². The van der Waals surface area contributed by atoms with E-state index in [0.717, 1.165) is 57.9 Å². The Hall–Kier alpha value is -2.48. The van der Waals surface area contributed by atoms with Crippen LogP contribution in [0, 0.1) is 28.6 Å². The van der Waals surface area contributed by atoms with Gasteiger partial charge in [-0.05, 0) is 92.9 Å². The first kappa shape index (κ1) is 25.2. The number of nitrogens with one attached hydrogen (secondary N) is 2. The first-order chi connectivity index (χ1) is 16.9. The highest BCUT2D eigenvalue weighted by atomic mass is 32.2. The second kappa shape index (κ2) is 8.54. The topological polar surface area (TPSA) is 145 Å². The summed E-state index contributed by atoms with van der Waals surface area (Å²) in [6.45, 7) is 3.69. The van der Waals surface area contributed by atoms with Crippen LogP contribution in [-0.4, -0.2) is 48.8 Å². The summed E-state index contributed by atoms with van der Waals surface area (Å²) >= 11 is 0. The van der Waals surface area contributed by atoms with Gasteiger partial charge in [-0.1, -0.05) is 0 Å². The molecule has 6 atom stereocenters. The minimum absolute atomic E-state index is 0.0176. The van der Waals surface area contributed by atoms with E-state index in [1.165, 1.54) is 13.8 Å². The Kier molecular flexibility index (Phi) is 5.97. The number of hydrogen-bond acceptors (Lipinski definition) is 6. The zero-order chi connectivity index (χ0) is 25.9. The number of nitrogens with two attached hydrogens (primary N) is 1. The lowest BCUT2D eigenvalue weighted by Crippen LogP contribution is -2.67. The summed E-state index contributed by atoms with van der Waals surface area (Å²) < 4.78 is 29.2. The molecular weight excluding hydrogens is 478 g/mol. The van der Waals surface area contributed by atoms with Crippen molar-refractivity contribution in [1.29, 1.82) is 5.26 Å². The third kappa shape index (κ3) is 4.01. The maximum atomic E-state index is 13.1. The van der Waals surface area contributed by atoms with Crippen LogP contribution in [0.15, 0.2) is 29.2 Å². The van der Waals surface area contributed by atoms with Gasteiger partial charge < -0.3 is 16.0 Å². The maximum Gasteiger partial charge on any atom is 0.241 e. The number of sulfonamides is 1. The lowest BCUT2D eigenvalue weighted by atomic mass is 9.51. The van der Waals surface area contributed by atoms with Gasteiger partial charge in [0.1, 0.15) is 6.04 Å². The molecule has 194 valence electrons. The fourth-order valence-corrected chi connectivity index (χ4v) is 9.72. The van der Waals surface area contributed by atoms with Crippen molar-refractivity contribution in [1.82, 2.24) is 9.62 Å². The second-order valence-corrected chi connectivity index (χ2v) is 13.4. The Morgan fingerprint density at radius 1 is 1.11 bits per heavy atom. The molecule has 5 aliphatic rings. The monoisotopic (exact) mass is 513 g/mol. The molecule has 1 heterocycles. The van der Waals surface area contributed by atoms with Gasteiger partial charge in [0.2, 0.25) is 21.8 Å². The number of amides is 2. The van der Waals surface area contributed by atoms with Crippen LogP contribution in [0.3, 0.4) is 0 Å². The summed E-state index contributed by atoms with van der Waals surface area (Å²) in [4.78, 5) is 23.8. The Morgan fingerprint density at radius 3 is 2.44 bits per heavy atom. The third-order valence-electron chi connectivity index (χ3n) is 9.26. The van der Waals surface area contributed by atoms with Crippen molar-refractivity contribution in [2.45, 2.75) is 87.2 Å². The second-order valence-electron chi connectivity index (χ2n) is 11.7. The Balaban J connectivity index is 0.000000226. The number of nitriles is 1. The van der Waals surface area contributed by atoms with Gasteiger partial charge in [-0.25, -0.2) is 13.1 Å². The highest BCUT2D eigenvalue weighted by molar-refractivity contribution is 7.89. The molecule has 6 unspecified atom stereocenters. The number of benzene rings is 1. The van der Waals surface area contributed by atoms with Crippen LogP contribution in [0.2, 0.25) is 0 Å². The van der Waals surface area contributed by atoms with E-state index in [4.69, 9.17) is 11.0 Å². The molecule has 0 radical (unpaired) electrons. The van der Waals surface area contributed by atoms with E-state index in [9.17, 15) is 18.0 Å². The lowest BCUT2D eigenvalue weighted by molar-refractivity contribution is -0.128. The van der Waals surface area contributed by atoms with Gasteiger partial charge in [-0.3, -0.25) is 9.59 Å². The SMILES string of the molecule is CC(=O)N1CCCC1C#N.CC(=O)Nc1ccc(S(=O)(=O)NC23CC4CC5(N)CC(C2)C3(C4)C5)cc1. The first-order valence-electron chi connectivity index (χ1n) is 12.8. The van der Waals surface area contributed by atoms with Gasteiger partial charge in [0.15, 0.2) is 0 Å². The van der Waals surface area contributed by atoms with E-state index in [1.54, 1.807) is 29.2 Å². The van der Waals surface area contributed by atoms with Crippen LogP contribution >= 0.6 is 0 Å². The molecule has 1 aromatic rings. The van der Waals surface area contributed by atoms with E-state index in [2.05, 4.69) is 16.1 Å². The van der Waals surface area contributed by atoms with Crippen molar-refractivity contribution in [2.24, 2.45) is 23.0 Å². The zero-order valence-corrected chi connectivity index (χ0v) is 21.7. The first-order valence-corrected chi connectivity index (χ1v) is 14.3. The molecule has 2 amide bonds. The van der Waals surface area contributed by atoms with Crippen LogP contribution in [0.4, 0.5) is 5.69 Å². The highest BCUT2D eigenvalue weighted by Gasteiger charge is 2.77. The van der Waals surface area contributed by atoms with Crippen LogP contribution in [0.1, 0.15) is 65.2 Å². The Morgan fingerprint density at radius 2 is 1.83 bits per heavy atom. The van der Waals surface area contributed by atoms with E-state index in [-0.39, 0.29) is 39.2 Å². The van der Waals surface area contributed by atoms with Crippen LogP contribution in [0.25, 0.3) is 0 Å². The summed E-state index contributed by atoms with van der Waals surface area (Å²) in [5, 5.41) is 11.2. The molecule has 1 aromatic carbocycles. The van der Waals surface area contributed by atoms with Gasteiger partial charge in [0.25, 0.3) is 0 Å². The summed E-state index contributed by atoms with van der Waals surface area (Å²) in [6, 6.07) is 8.31. The van der Waals surface area contributed by atoms with Crippen molar-refractivity contribution in [3.63, 3.8) is 0 Å². The van der Waals surface area contributed by atoms with Crippen molar-refractivity contribution >= 4 is 27.5 Å². The molecule has 1 aliphatic heterocycles. The maximum absolute atomic E-state index is 13.1. The van der Waals surface area contributed by atoms with Gasteiger partial charge in [0.05, 0.1) is 11.0 Å². The largest absolute Gasteiger partial charge is 0.327 e. The normalized spacial score (nSPS) is 37.4. The highest BCUT2D eigenvalue weighted by Crippen LogP contribution is 2.77. The van der Waals surface area contributed by atoms with Crippen molar-refractivity contribution in [3.8, 4) is 6.07 Å². The molecule has 9 nitrogen and oxygen atoms in total. The Labute approximate surface area is 212 Å². The van der Waals surface area contributed by atoms with Crippen LogP contribution in [-0.2, 0) is 19.6 Å². The van der Waals surface area contributed by atoms with Gasteiger partial charge in [0, 0.05) is 37.2 Å². The molecule has 36 heavy (non-hydrogen) atoms. The number of nitrogens with zero attached hydrogens (tertiary/aromatic N) is 2. The molecular formula is C26H35N5O4S. The molecule has 4 aliphatic carbocycles. The van der Waals surface area contributed by atoms with Crippen LogP contribution < -0.4 is 15.8 Å². The third-order valence-corrected chi connectivity index (χ3v) is 10.8. The quantitative estimate of drug-likeness (QED) is 0.564. The molecule has 1 spiro atoms. The summed E-state index contributed by atoms with van der Waals surface area (Å²) in [5.74, 6) is 0.960.